The van der Waals surface area contributed by atoms with Gasteiger partial charge in [-0.05, 0) is 69.0 Å². The SMILES string of the molecule is C=N/C(=C\C=C/CC1=CCN(Cc2nc3ccc(/C(O)=C\c4c(/C(F)=C\C=N)n[nH]c4C)cc3[nH]2)CC1)OCc1ccc(C#N)c2c1ncn2C. The number of imidazole rings is 2. The monoisotopic (exact) mass is 684 g/mol. The van der Waals surface area contributed by atoms with Crippen molar-refractivity contribution in [2.24, 2.45) is 12.0 Å². The quantitative estimate of drug-likeness (QED) is 0.0440. The van der Waals surface area contributed by atoms with Crippen molar-refractivity contribution in [2.45, 2.75) is 32.9 Å². The third-order valence-electron chi connectivity index (χ3n) is 8.67. The number of aliphatic imine (C=N–C) groups is 1. The summed E-state index contributed by atoms with van der Waals surface area (Å²) in [7, 11) is 1.86. The number of nitrogens with zero attached hydrogens (tertiary/aromatic N) is 7. The van der Waals surface area contributed by atoms with Gasteiger partial charge in [-0.1, -0.05) is 29.9 Å². The second-order valence-electron chi connectivity index (χ2n) is 12.1. The molecule has 0 bridgehead atoms. The highest BCUT2D eigenvalue weighted by atomic mass is 19.1. The first-order valence-corrected chi connectivity index (χ1v) is 16.3. The zero-order valence-corrected chi connectivity index (χ0v) is 28.3. The highest BCUT2D eigenvalue weighted by Crippen LogP contribution is 2.27. The average Bonchev–Trinajstić information content (AvgIpc) is 3.84. The Bertz CT molecular complexity index is 2310. The van der Waals surface area contributed by atoms with Crippen LogP contribution < -0.4 is 0 Å². The maximum absolute atomic E-state index is 14.4. The number of aliphatic hydroxyl groups is 1. The van der Waals surface area contributed by atoms with Crippen LogP contribution in [-0.4, -0.2) is 65.7 Å². The third kappa shape index (κ3) is 7.76. The zero-order chi connectivity index (χ0) is 35.9. The summed E-state index contributed by atoms with van der Waals surface area (Å²) in [6.45, 7) is 7.97. The highest BCUT2D eigenvalue weighted by Gasteiger charge is 2.17. The van der Waals surface area contributed by atoms with Crippen LogP contribution >= 0.6 is 0 Å². The van der Waals surface area contributed by atoms with Crippen molar-refractivity contribution < 1.29 is 14.2 Å². The van der Waals surface area contributed by atoms with E-state index in [1.54, 1.807) is 31.5 Å². The molecular weight excluding hydrogens is 647 g/mol. The molecule has 6 rings (SSSR count). The Morgan fingerprint density at radius 1 is 1.27 bits per heavy atom. The maximum Gasteiger partial charge on any atom is 0.212 e. The molecular formula is C38H37FN10O2. The summed E-state index contributed by atoms with van der Waals surface area (Å²) in [6.07, 6.45) is 14.8. The van der Waals surface area contributed by atoms with E-state index in [9.17, 15) is 14.8 Å². The molecule has 2 aromatic carbocycles. The molecule has 12 nitrogen and oxygen atoms in total. The number of H-pyrrole nitrogens is 2. The molecule has 0 radical (unpaired) electrons. The van der Waals surface area contributed by atoms with E-state index in [4.69, 9.17) is 15.1 Å². The smallest absolute Gasteiger partial charge is 0.212 e. The molecule has 4 N–H and O–H groups in total. The predicted octanol–water partition coefficient (Wildman–Crippen LogP) is 7.21. The summed E-state index contributed by atoms with van der Waals surface area (Å²) >= 11 is 0. The summed E-state index contributed by atoms with van der Waals surface area (Å²) in [6, 6.07) is 11.3. The normalized spacial score (nSPS) is 14.7. The maximum atomic E-state index is 14.4. The zero-order valence-electron chi connectivity index (χ0n) is 28.3. The number of aromatic amines is 2. The number of halogens is 1. The number of nitriles is 1. The number of aromatic nitrogens is 6. The minimum atomic E-state index is -0.666. The van der Waals surface area contributed by atoms with Gasteiger partial charge in [-0.25, -0.2) is 19.4 Å². The number of rotatable bonds is 13. The van der Waals surface area contributed by atoms with Gasteiger partial charge in [0.15, 0.2) is 5.83 Å². The van der Waals surface area contributed by atoms with Gasteiger partial charge < -0.3 is 24.8 Å². The molecule has 0 unspecified atom stereocenters. The first kappa shape index (κ1) is 34.5. The number of allylic oxidation sites excluding steroid dienone is 4. The molecule has 0 saturated heterocycles. The van der Waals surface area contributed by atoms with Crippen LogP contribution in [0.2, 0.25) is 0 Å². The lowest BCUT2D eigenvalue weighted by molar-refractivity contribution is 0.198. The van der Waals surface area contributed by atoms with Gasteiger partial charge in [0, 0.05) is 48.7 Å². The predicted molar refractivity (Wildman–Crippen MR) is 197 cm³/mol. The van der Waals surface area contributed by atoms with Crippen molar-refractivity contribution in [1.29, 1.82) is 10.7 Å². The standard InChI is InChI=1S/C38H37FN10O2/c1-24-29(37(47-46-24)30(39)12-15-40)19-33(50)26-10-11-31-32(18-26)45-34(44-31)21-49-16-13-25(14-17-49)6-4-5-7-35(42-2)51-22-28-9-8-27(20-41)38-36(28)43-23-48(38)3/h4-5,7-13,15,18-19,23,40,50H,2,6,14,16-17,21-22H2,1,3H3,(H,44,45)(H,46,47)/b5-4-,30-12+,33-19+,35-7+,40-15?. The Morgan fingerprint density at radius 2 is 2.14 bits per heavy atom. The number of hydrogen-bond acceptors (Lipinski definition) is 9. The van der Waals surface area contributed by atoms with E-state index in [2.05, 4.69) is 55.0 Å². The van der Waals surface area contributed by atoms with E-state index >= 15 is 0 Å². The summed E-state index contributed by atoms with van der Waals surface area (Å²) < 4.78 is 22.1. The van der Waals surface area contributed by atoms with E-state index in [1.807, 2.05) is 35.9 Å². The van der Waals surface area contributed by atoms with Gasteiger partial charge in [0.1, 0.15) is 30.0 Å². The van der Waals surface area contributed by atoms with E-state index in [0.29, 0.717) is 34.8 Å². The van der Waals surface area contributed by atoms with Gasteiger partial charge in [0.05, 0.1) is 40.5 Å². The fraction of sp³-hybridized carbons (Fsp3) is 0.211. The molecule has 3 aromatic heterocycles. The second-order valence-corrected chi connectivity index (χ2v) is 12.1. The Hall–Kier alpha value is -6.39. The van der Waals surface area contributed by atoms with Crippen molar-refractivity contribution in [2.75, 3.05) is 13.1 Å². The number of nitrogens with one attached hydrogen (secondary N) is 3. The van der Waals surface area contributed by atoms with Crippen molar-refractivity contribution in [3.63, 3.8) is 0 Å². The van der Waals surface area contributed by atoms with Crippen LogP contribution in [0.4, 0.5) is 4.39 Å². The Morgan fingerprint density at radius 3 is 2.90 bits per heavy atom. The van der Waals surface area contributed by atoms with Crippen LogP contribution in [0.5, 0.6) is 0 Å². The molecule has 13 heteroatoms. The number of benzene rings is 2. The third-order valence-corrected chi connectivity index (χ3v) is 8.67. The van der Waals surface area contributed by atoms with E-state index in [1.165, 1.54) is 11.6 Å². The van der Waals surface area contributed by atoms with Crippen LogP contribution in [0, 0.1) is 23.7 Å². The van der Waals surface area contributed by atoms with Crippen LogP contribution in [0.15, 0.2) is 83.5 Å². The van der Waals surface area contributed by atoms with Crippen molar-refractivity contribution in [3.8, 4) is 6.07 Å². The number of aryl methyl sites for hydroxylation is 2. The van der Waals surface area contributed by atoms with Crippen molar-refractivity contribution in [1.82, 2.24) is 34.6 Å². The number of fused-ring (bicyclic) bond motifs is 2. The molecule has 4 heterocycles. The number of ether oxygens (including phenoxy) is 1. The molecule has 1 aliphatic rings. The molecule has 51 heavy (non-hydrogen) atoms. The van der Waals surface area contributed by atoms with Crippen LogP contribution in [0.25, 0.3) is 39.7 Å². The lowest BCUT2D eigenvalue weighted by atomic mass is 10.0. The minimum absolute atomic E-state index is 0.0345. The highest BCUT2D eigenvalue weighted by molar-refractivity contribution is 5.88. The summed E-state index contributed by atoms with van der Waals surface area (Å²) in [4.78, 5) is 18.9. The van der Waals surface area contributed by atoms with Crippen LogP contribution in [-0.2, 0) is 24.9 Å². The van der Waals surface area contributed by atoms with Gasteiger partial charge >= 0.3 is 0 Å². The van der Waals surface area contributed by atoms with E-state index < -0.39 is 5.83 Å². The van der Waals surface area contributed by atoms with Crippen LogP contribution in [0.3, 0.4) is 0 Å². The van der Waals surface area contributed by atoms with E-state index in [-0.39, 0.29) is 18.1 Å². The fourth-order valence-corrected chi connectivity index (χ4v) is 5.96. The van der Waals surface area contributed by atoms with Gasteiger partial charge in [0.2, 0.25) is 5.88 Å². The number of hydrogen-bond donors (Lipinski definition) is 4. The van der Waals surface area contributed by atoms with Crippen molar-refractivity contribution >= 4 is 52.7 Å². The molecule has 0 atom stereocenters. The summed E-state index contributed by atoms with van der Waals surface area (Å²) in [5.74, 6) is 0.519. The first-order valence-electron chi connectivity index (χ1n) is 16.3. The Balaban J connectivity index is 1.02. The molecule has 1 aliphatic heterocycles. The molecule has 0 amide bonds. The molecule has 0 fully saturated rings. The summed E-state index contributed by atoms with van der Waals surface area (Å²) in [5, 5.41) is 34.1. The Labute approximate surface area is 293 Å². The molecule has 5 aromatic rings. The van der Waals surface area contributed by atoms with Gasteiger partial charge in [-0.3, -0.25) is 10.00 Å². The first-order chi connectivity index (χ1) is 24.8. The van der Waals surface area contributed by atoms with Crippen molar-refractivity contribution in [3.05, 3.63) is 118 Å². The second kappa shape index (κ2) is 15.4. The van der Waals surface area contributed by atoms with Gasteiger partial charge in [-0.15, -0.1) is 0 Å². The molecule has 0 spiro atoms. The molecule has 0 aliphatic carbocycles. The largest absolute Gasteiger partial charge is 0.507 e. The van der Waals surface area contributed by atoms with Crippen LogP contribution in [0.1, 0.15) is 52.3 Å². The molecule has 258 valence electrons. The lowest BCUT2D eigenvalue weighted by Gasteiger charge is -2.25. The lowest BCUT2D eigenvalue weighted by Crippen LogP contribution is -2.28. The molecule has 0 saturated carbocycles. The minimum Gasteiger partial charge on any atom is -0.507 e. The average molecular weight is 685 g/mol. The number of aliphatic hydroxyl groups excluding tert-OH is 1. The van der Waals surface area contributed by atoms with Gasteiger partial charge in [0.25, 0.3) is 0 Å². The summed E-state index contributed by atoms with van der Waals surface area (Å²) in [5.41, 5.74) is 7.44. The fourth-order valence-electron chi connectivity index (χ4n) is 5.96. The van der Waals surface area contributed by atoms with E-state index in [0.717, 1.165) is 71.7 Å². The Kier molecular flexibility index (Phi) is 10.4. The van der Waals surface area contributed by atoms with Gasteiger partial charge in [-0.2, -0.15) is 10.4 Å². The topological polar surface area (TPSA) is 168 Å².